The topological polar surface area (TPSA) is 71.2 Å². The third-order valence-corrected chi connectivity index (χ3v) is 2.92. The Kier molecular flexibility index (Phi) is 4.73. The van der Waals surface area contributed by atoms with Crippen molar-refractivity contribution >= 4 is 11.6 Å². The number of hydrogen-bond acceptors (Lipinski definition) is 3. The molecule has 2 N–H and O–H groups in total. The van der Waals surface area contributed by atoms with Crippen LogP contribution in [0.5, 0.6) is 5.75 Å². The standard InChI is InChI=1S/C15H13F3N2O3/c1-9-14(12(21)5-6-19-9)23-8-13(22)20-11-4-2-3-10(7-11)15(16,17)18/h2-7H,8H2,1H3,(H,19,21)(H,20,22). The summed E-state index contributed by atoms with van der Waals surface area (Å²) in [6.45, 7) is 1.10. The Morgan fingerprint density at radius 1 is 1.30 bits per heavy atom. The molecule has 0 unspecified atom stereocenters. The quantitative estimate of drug-likeness (QED) is 0.907. The molecular formula is C15H13F3N2O3. The molecule has 2 rings (SSSR count). The number of aryl methyl sites for hydroxylation is 1. The smallest absolute Gasteiger partial charge is 0.416 e. The molecular weight excluding hydrogens is 313 g/mol. The Labute approximate surface area is 129 Å². The van der Waals surface area contributed by atoms with Crippen molar-refractivity contribution in [2.75, 3.05) is 11.9 Å². The van der Waals surface area contributed by atoms with Gasteiger partial charge in [0.1, 0.15) is 0 Å². The number of aromatic amines is 1. The largest absolute Gasteiger partial charge is 0.478 e. The molecule has 23 heavy (non-hydrogen) atoms. The number of hydrogen-bond donors (Lipinski definition) is 2. The second kappa shape index (κ2) is 6.55. The molecule has 1 aromatic carbocycles. The van der Waals surface area contributed by atoms with Crippen molar-refractivity contribution in [2.24, 2.45) is 0 Å². The lowest BCUT2D eigenvalue weighted by atomic mass is 10.2. The maximum atomic E-state index is 12.6. The number of H-pyrrole nitrogens is 1. The molecule has 5 nitrogen and oxygen atoms in total. The summed E-state index contributed by atoms with van der Waals surface area (Å²) in [4.78, 5) is 26.1. The van der Waals surface area contributed by atoms with Gasteiger partial charge < -0.3 is 15.0 Å². The van der Waals surface area contributed by atoms with Gasteiger partial charge in [0, 0.05) is 18.0 Å². The molecule has 0 saturated heterocycles. The number of rotatable bonds is 4. The molecule has 0 aliphatic carbocycles. The number of alkyl halides is 3. The van der Waals surface area contributed by atoms with E-state index in [0.717, 1.165) is 12.1 Å². The number of nitrogens with one attached hydrogen (secondary N) is 2. The van der Waals surface area contributed by atoms with E-state index < -0.39 is 29.7 Å². The highest BCUT2D eigenvalue weighted by Crippen LogP contribution is 2.30. The fourth-order valence-electron chi connectivity index (χ4n) is 1.86. The average molecular weight is 326 g/mol. The summed E-state index contributed by atoms with van der Waals surface area (Å²) >= 11 is 0. The highest BCUT2D eigenvalue weighted by atomic mass is 19.4. The number of amides is 1. The Balaban J connectivity index is 2.02. The number of benzene rings is 1. The predicted octanol–water partition coefficient (Wildman–Crippen LogP) is 2.72. The van der Waals surface area contributed by atoms with Gasteiger partial charge in [-0.3, -0.25) is 9.59 Å². The van der Waals surface area contributed by atoms with E-state index >= 15 is 0 Å². The van der Waals surface area contributed by atoms with Crippen molar-refractivity contribution in [3.8, 4) is 5.75 Å². The number of anilines is 1. The Morgan fingerprint density at radius 2 is 2.04 bits per heavy atom. The van der Waals surface area contributed by atoms with E-state index in [0.29, 0.717) is 5.69 Å². The molecule has 0 atom stereocenters. The predicted molar refractivity (Wildman–Crippen MR) is 77.4 cm³/mol. The molecule has 122 valence electrons. The summed E-state index contributed by atoms with van der Waals surface area (Å²) in [6.07, 6.45) is -3.06. The van der Waals surface area contributed by atoms with E-state index in [-0.39, 0.29) is 11.4 Å². The summed E-state index contributed by atoms with van der Waals surface area (Å²) in [5.74, 6) is -0.682. The minimum absolute atomic E-state index is 0.00730. The molecule has 0 radical (unpaired) electrons. The van der Waals surface area contributed by atoms with Gasteiger partial charge in [-0.2, -0.15) is 13.2 Å². The van der Waals surface area contributed by atoms with Crippen LogP contribution in [-0.4, -0.2) is 17.5 Å². The average Bonchev–Trinajstić information content (AvgIpc) is 2.46. The number of carbonyl (C=O) groups is 1. The first-order chi connectivity index (χ1) is 10.8. The number of ether oxygens (including phenoxy) is 1. The molecule has 1 heterocycles. The maximum Gasteiger partial charge on any atom is 0.416 e. The van der Waals surface area contributed by atoms with E-state index in [1.54, 1.807) is 6.92 Å². The van der Waals surface area contributed by atoms with Crippen LogP contribution in [0.4, 0.5) is 18.9 Å². The monoisotopic (exact) mass is 326 g/mol. The minimum atomic E-state index is -4.49. The van der Waals surface area contributed by atoms with E-state index in [4.69, 9.17) is 4.74 Å². The molecule has 1 amide bonds. The van der Waals surface area contributed by atoms with Crippen molar-refractivity contribution in [2.45, 2.75) is 13.1 Å². The fraction of sp³-hybridized carbons (Fsp3) is 0.200. The van der Waals surface area contributed by atoms with Crippen LogP contribution in [0, 0.1) is 6.92 Å². The van der Waals surface area contributed by atoms with Gasteiger partial charge in [-0.05, 0) is 25.1 Å². The van der Waals surface area contributed by atoms with E-state index in [1.165, 1.54) is 24.4 Å². The van der Waals surface area contributed by atoms with Gasteiger partial charge in [0.15, 0.2) is 12.4 Å². The third-order valence-electron chi connectivity index (χ3n) is 2.92. The minimum Gasteiger partial charge on any atom is -0.478 e. The van der Waals surface area contributed by atoms with Gasteiger partial charge in [0.2, 0.25) is 5.43 Å². The summed E-state index contributed by atoms with van der Waals surface area (Å²) in [5, 5.41) is 2.29. The van der Waals surface area contributed by atoms with E-state index in [2.05, 4.69) is 10.3 Å². The lowest BCUT2D eigenvalue weighted by Gasteiger charge is -2.11. The van der Waals surface area contributed by atoms with Gasteiger partial charge in [0.25, 0.3) is 5.91 Å². The van der Waals surface area contributed by atoms with Crippen LogP contribution in [0.2, 0.25) is 0 Å². The van der Waals surface area contributed by atoms with Crippen molar-refractivity contribution in [3.63, 3.8) is 0 Å². The van der Waals surface area contributed by atoms with Crippen LogP contribution >= 0.6 is 0 Å². The highest BCUT2D eigenvalue weighted by molar-refractivity contribution is 5.91. The lowest BCUT2D eigenvalue weighted by molar-refractivity contribution is -0.137. The summed E-state index contributed by atoms with van der Waals surface area (Å²) in [6, 6.07) is 5.48. The van der Waals surface area contributed by atoms with Crippen LogP contribution in [0.3, 0.4) is 0 Å². The van der Waals surface area contributed by atoms with Gasteiger partial charge in [-0.1, -0.05) is 6.07 Å². The van der Waals surface area contributed by atoms with Gasteiger partial charge in [0.05, 0.1) is 11.3 Å². The molecule has 0 saturated carbocycles. The first kappa shape index (κ1) is 16.6. The van der Waals surface area contributed by atoms with Crippen LogP contribution < -0.4 is 15.5 Å². The van der Waals surface area contributed by atoms with Gasteiger partial charge >= 0.3 is 6.18 Å². The number of carbonyl (C=O) groups excluding carboxylic acids is 1. The number of aromatic nitrogens is 1. The van der Waals surface area contributed by atoms with Crippen LogP contribution in [0.15, 0.2) is 41.3 Å². The van der Waals surface area contributed by atoms with E-state index in [9.17, 15) is 22.8 Å². The highest BCUT2D eigenvalue weighted by Gasteiger charge is 2.30. The zero-order valence-corrected chi connectivity index (χ0v) is 12.0. The Bertz CT molecular complexity index is 769. The van der Waals surface area contributed by atoms with Crippen molar-refractivity contribution in [1.29, 1.82) is 0 Å². The summed E-state index contributed by atoms with van der Waals surface area (Å²) < 4.78 is 42.9. The molecule has 1 aromatic heterocycles. The van der Waals surface area contributed by atoms with Gasteiger partial charge in [-0.15, -0.1) is 0 Å². The van der Waals surface area contributed by atoms with Crippen molar-refractivity contribution < 1.29 is 22.7 Å². The van der Waals surface area contributed by atoms with Crippen LogP contribution in [-0.2, 0) is 11.0 Å². The lowest BCUT2D eigenvalue weighted by Crippen LogP contribution is -2.23. The maximum absolute atomic E-state index is 12.6. The fourth-order valence-corrected chi connectivity index (χ4v) is 1.86. The third kappa shape index (κ3) is 4.35. The molecule has 2 aromatic rings. The first-order valence-corrected chi connectivity index (χ1v) is 6.55. The van der Waals surface area contributed by atoms with Crippen LogP contribution in [0.25, 0.3) is 0 Å². The van der Waals surface area contributed by atoms with Crippen LogP contribution in [0.1, 0.15) is 11.3 Å². The molecule has 0 bridgehead atoms. The molecule has 8 heteroatoms. The molecule has 0 spiro atoms. The number of pyridine rings is 1. The Morgan fingerprint density at radius 3 is 2.70 bits per heavy atom. The second-order valence-electron chi connectivity index (χ2n) is 4.71. The molecule has 0 aliphatic heterocycles. The second-order valence-corrected chi connectivity index (χ2v) is 4.71. The Hall–Kier alpha value is -2.77. The SMILES string of the molecule is Cc1[nH]ccc(=O)c1OCC(=O)Nc1cccc(C(F)(F)F)c1. The zero-order chi connectivity index (χ0) is 17.0. The normalized spacial score (nSPS) is 11.1. The summed E-state index contributed by atoms with van der Waals surface area (Å²) in [5.41, 5.74) is -0.823. The molecule has 0 fully saturated rings. The first-order valence-electron chi connectivity index (χ1n) is 6.55. The molecule has 0 aliphatic rings. The number of halogens is 3. The van der Waals surface area contributed by atoms with E-state index in [1.807, 2.05) is 0 Å². The van der Waals surface area contributed by atoms with Crippen molar-refractivity contribution in [3.05, 3.63) is 58.0 Å². The summed E-state index contributed by atoms with van der Waals surface area (Å²) in [7, 11) is 0. The van der Waals surface area contributed by atoms with Gasteiger partial charge in [-0.25, -0.2) is 0 Å². The zero-order valence-electron chi connectivity index (χ0n) is 12.0. The van der Waals surface area contributed by atoms with Crippen molar-refractivity contribution in [1.82, 2.24) is 4.98 Å².